The highest BCUT2D eigenvalue weighted by Crippen LogP contribution is 2.47. The zero-order valence-corrected chi connectivity index (χ0v) is 24.4. The van der Waals surface area contributed by atoms with Crippen molar-refractivity contribution >= 4 is 11.8 Å². The monoisotopic (exact) mass is 494 g/mol. The van der Waals surface area contributed by atoms with Gasteiger partial charge >= 0.3 is 5.97 Å². The highest BCUT2D eigenvalue weighted by molar-refractivity contribution is 5.81. The number of aliphatic carboxylic acids is 1. The molecule has 0 bridgehead atoms. The van der Waals surface area contributed by atoms with Crippen LogP contribution in [-0.2, 0) is 9.59 Å². The lowest BCUT2D eigenvalue weighted by molar-refractivity contribution is -1.00. The van der Waals surface area contributed by atoms with Crippen LogP contribution in [0.15, 0.2) is 0 Å². The Morgan fingerprint density at radius 2 is 1.06 bits per heavy atom. The molecule has 35 heavy (non-hydrogen) atoms. The Bertz CT molecular complexity index is 592. The first-order valence-corrected chi connectivity index (χ1v) is 15.1. The van der Waals surface area contributed by atoms with Crippen molar-refractivity contribution in [3.63, 3.8) is 0 Å². The van der Waals surface area contributed by atoms with Crippen molar-refractivity contribution in [2.24, 2.45) is 5.92 Å². The number of quaternary nitrogens is 1. The highest BCUT2D eigenvalue weighted by atomic mass is 16.4. The summed E-state index contributed by atoms with van der Waals surface area (Å²) in [6.45, 7) is 11.8. The molecule has 0 unspecified atom stereocenters. The number of ketones is 1. The van der Waals surface area contributed by atoms with E-state index in [4.69, 9.17) is 0 Å². The van der Waals surface area contributed by atoms with Crippen molar-refractivity contribution in [2.45, 2.75) is 168 Å². The number of hydrogen-bond donors (Lipinski definition) is 1. The quantitative estimate of drug-likeness (QED) is 0.136. The molecule has 0 atom stereocenters. The van der Waals surface area contributed by atoms with Gasteiger partial charge < -0.3 is 9.59 Å². The van der Waals surface area contributed by atoms with Gasteiger partial charge in [-0.05, 0) is 34.1 Å². The van der Waals surface area contributed by atoms with E-state index < -0.39 is 5.97 Å². The molecule has 1 aliphatic rings. The summed E-state index contributed by atoms with van der Waals surface area (Å²) in [4.78, 5) is 24.3. The van der Waals surface area contributed by atoms with Gasteiger partial charge in [-0.3, -0.25) is 9.59 Å². The second-order valence-electron chi connectivity index (χ2n) is 13.0. The minimum atomic E-state index is -0.734. The Balaban J connectivity index is 2.18. The largest absolute Gasteiger partial charge is 0.481 e. The summed E-state index contributed by atoms with van der Waals surface area (Å²) in [5.74, 6) is -0.185. The summed E-state index contributed by atoms with van der Waals surface area (Å²) >= 11 is 0. The number of rotatable bonds is 20. The van der Waals surface area contributed by atoms with Crippen molar-refractivity contribution in [1.29, 1.82) is 0 Å². The van der Waals surface area contributed by atoms with E-state index in [1.807, 2.05) is 0 Å². The summed E-state index contributed by atoms with van der Waals surface area (Å²) in [6.07, 6.45) is 22.8. The van der Waals surface area contributed by atoms with Gasteiger partial charge in [0.25, 0.3) is 0 Å². The second kappa shape index (κ2) is 16.0. The number of hydrogen-bond acceptors (Lipinski definition) is 2. The number of carbonyl (C=O) groups is 2. The summed E-state index contributed by atoms with van der Waals surface area (Å²) in [6, 6.07) is 0. The molecular weight excluding hydrogens is 434 g/mol. The molecule has 0 aromatic heterocycles. The van der Waals surface area contributed by atoms with Crippen LogP contribution in [0, 0.1) is 5.92 Å². The van der Waals surface area contributed by atoms with Crippen LogP contribution in [0.5, 0.6) is 0 Å². The third kappa shape index (κ3) is 10.9. The highest BCUT2D eigenvalue weighted by Gasteiger charge is 2.57. The van der Waals surface area contributed by atoms with Crippen LogP contribution in [0.2, 0.25) is 0 Å². The lowest BCUT2D eigenvalue weighted by atomic mass is 9.69. The molecule has 1 fully saturated rings. The van der Waals surface area contributed by atoms with E-state index in [0.717, 1.165) is 23.7 Å². The lowest BCUT2D eigenvalue weighted by Crippen LogP contribution is -2.73. The van der Waals surface area contributed by atoms with Crippen molar-refractivity contribution in [1.82, 2.24) is 0 Å². The van der Waals surface area contributed by atoms with Gasteiger partial charge in [-0.25, -0.2) is 0 Å². The number of likely N-dealkylation sites (tertiary alicyclic amines) is 1. The molecule has 1 rings (SSSR count). The fourth-order valence-electron chi connectivity index (χ4n) is 6.53. The SMILES string of the molecule is CCCCCCCCCCCCCCCCCC(=O)C1CC(C)(C)[N+](C)(CCC(=O)O)C(C)(C)C1. The van der Waals surface area contributed by atoms with E-state index in [1.165, 1.54) is 89.9 Å². The molecule has 4 heteroatoms. The minimum absolute atomic E-state index is 0.105. The zero-order valence-electron chi connectivity index (χ0n) is 24.4. The molecule has 1 heterocycles. The van der Waals surface area contributed by atoms with Crippen LogP contribution in [0.25, 0.3) is 0 Å². The van der Waals surface area contributed by atoms with Gasteiger partial charge in [0.15, 0.2) is 0 Å². The standard InChI is InChI=1S/C31H59NO3/c1-7-8-9-10-11-12-13-14-15-16-17-18-19-20-21-22-28(33)27-25-30(2,3)32(6,24-23-29(34)35)31(4,5)26-27/h27H,7-26H2,1-6H3/p+1. The molecule has 4 nitrogen and oxygen atoms in total. The molecule has 0 saturated carbocycles. The van der Waals surface area contributed by atoms with E-state index in [1.54, 1.807) is 0 Å². The summed E-state index contributed by atoms with van der Waals surface area (Å²) in [5.41, 5.74) is -0.209. The van der Waals surface area contributed by atoms with Crippen LogP contribution in [0.1, 0.15) is 157 Å². The maximum absolute atomic E-state index is 13.1. The van der Waals surface area contributed by atoms with E-state index in [-0.39, 0.29) is 23.4 Å². The number of piperidine rings is 1. The molecular formula is C31H60NO3+. The first-order valence-electron chi connectivity index (χ1n) is 15.1. The van der Waals surface area contributed by atoms with Gasteiger partial charge in [0, 0.05) is 25.2 Å². The second-order valence-corrected chi connectivity index (χ2v) is 13.0. The smallest absolute Gasteiger partial charge is 0.309 e. The molecule has 0 aliphatic carbocycles. The Hall–Kier alpha value is -0.900. The van der Waals surface area contributed by atoms with Crippen molar-refractivity contribution in [3.05, 3.63) is 0 Å². The number of carboxylic acid groups (broad SMARTS) is 1. The van der Waals surface area contributed by atoms with Crippen molar-refractivity contribution in [2.75, 3.05) is 13.6 Å². The number of unbranched alkanes of at least 4 members (excludes halogenated alkanes) is 14. The predicted molar refractivity (Wildman–Crippen MR) is 149 cm³/mol. The number of Topliss-reactive ketones (excluding diaryl/α,β-unsaturated/α-hetero) is 1. The molecule has 0 amide bonds. The normalized spacial score (nSPS) is 23.3. The first kappa shape index (κ1) is 32.1. The van der Waals surface area contributed by atoms with E-state index in [9.17, 15) is 14.7 Å². The van der Waals surface area contributed by atoms with Gasteiger partial charge in [-0.2, -0.15) is 0 Å². The molecule has 206 valence electrons. The Kier molecular flexibility index (Phi) is 14.7. The molecule has 0 aromatic rings. The van der Waals surface area contributed by atoms with Crippen LogP contribution >= 0.6 is 0 Å². The molecule has 0 spiro atoms. The molecule has 1 saturated heterocycles. The Morgan fingerprint density at radius 1 is 0.686 bits per heavy atom. The fourth-order valence-corrected chi connectivity index (χ4v) is 6.53. The van der Waals surface area contributed by atoms with E-state index in [0.29, 0.717) is 18.7 Å². The predicted octanol–water partition coefficient (Wildman–Crippen LogP) is 8.71. The van der Waals surface area contributed by atoms with Gasteiger partial charge in [0.2, 0.25) is 0 Å². The van der Waals surface area contributed by atoms with Gasteiger partial charge in [-0.1, -0.05) is 96.8 Å². The topological polar surface area (TPSA) is 54.4 Å². The van der Waals surface area contributed by atoms with Crippen molar-refractivity contribution < 1.29 is 19.2 Å². The molecule has 1 aliphatic heterocycles. The van der Waals surface area contributed by atoms with Crippen LogP contribution in [0.4, 0.5) is 0 Å². The summed E-state index contributed by atoms with van der Waals surface area (Å²) in [5, 5.41) is 9.24. The zero-order chi connectivity index (χ0) is 26.4. The van der Waals surface area contributed by atoms with Crippen LogP contribution in [-0.4, -0.2) is 46.0 Å². The number of carbonyl (C=O) groups excluding carboxylic acids is 1. The average Bonchev–Trinajstić information content (AvgIpc) is 2.78. The molecule has 0 aromatic carbocycles. The maximum atomic E-state index is 13.1. The lowest BCUT2D eigenvalue weighted by Gasteiger charge is -2.61. The number of carboxylic acids is 1. The summed E-state index contributed by atoms with van der Waals surface area (Å²) < 4.78 is 0.717. The Morgan fingerprint density at radius 3 is 1.43 bits per heavy atom. The minimum Gasteiger partial charge on any atom is -0.481 e. The first-order chi connectivity index (χ1) is 16.5. The molecule has 1 N–H and O–H groups in total. The van der Waals surface area contributed by atoms with Gasteiger partial charge in [-0.15, -0.1) is 0 Å². The van der Waals surface area contributed by atoms with Crippen LogP contribution in [0.3, 0.4) is 0 Å². The number of nitrogens with zero attached hydrogens (tertiary/aromatic N) is 1. The average molecular weight is 495 g/mol. The molecule has 0 radical (unpaired) electrons. The van der Waals surface area contributed by atoms with Gasteiger partial charge in [0.05, 0.1) is 31.1 Å². The van der Waals surface area contributed by atoms with Gasteiger partial charge in [0.1, 0.15) is 5.78 Å². The summed E-state index contributed by atoms with van der Waals surface area (Å²) in [7, 11) is 2.19. The van der Waals surface area contributed by atoms with Crippen LogP contribution < -0.4 is 0 Å². The third-order valence-electron chi connectivity index (χ3n) is 9.42. The van der Waals surface area contributed by atoms with E-state index >= 15 is 0 Å². The Labute approximate surface area is 218 Å². The van der Waals surface area contributed by atoms with Crippen molar-refractivity contribution in [3.8, 4) is 0 Å². The van der Waals surface area contributed by atoms with E-state index in [2.05, 4.69) is 41.7 Å². The maximum Gasteiger partial charge on any atom is 0.309 e. The fraction of sp³-hybridized carbons (Fsp3) is 0.935. The third-order valence-corrected chi connectivity index (χ3v) is 9.42.